The molecule has 1 saturated heterocycles. The fraction of sp³-hybridized carbons (Fsp3) is 1.00. The predicted octanol–water partition coefficient (Wildman–Crippen LogP) is 0.699. The molecule has 1 fully saturated rings. The SMILES string of the molecule is CCC1(CN)COC(C(C)(C)CN)OC1. The molecule has 4 N–H and O–H groups in total. The Morgan fingerprint density at radius 3 is 2.13 bits per heavy atom. The zero-order chi connectivity index (χ0) is 11.5. The Balaban J connectivity index is 2.55. The second-order valence-corrected chi connectivity index (χ2v) is 5.20. The third-order valence-corrected chi connectivity index (χ3v) is 3.43. The molecule has 15 heavy (non-hydrogen) atoms. The van der Waals surface area contributed by atoms with Crippen LogP contribution in [0.1, 0.15) is 27.2 Å². The molecule has 4 heteroatoms. The zero-order valence-electron chi connectivity index (χ0n) is 10.1. The van der Waals surface area contributed by atoms with E-state index in [0.717, 1.165) is 6.42 Å². The van der Waals surface area contributed by atoms with Crippen molar-refractivity contribution in [2.45, 2.75) is 33.5 Å². The van der Waals surface area contributed by atoms with Crippen LogP contribution in [-0.4, -0.2) is 32.6 Å². The third-order valence-electron chi connectivity index (χ3n) is 3.43. The van der Waals surface area contributed by atoms with Crippen LogP contribution in [0.25, 0.3) is 0 Å². The van der Waals surface area contributed by atoms with Crippen LogP contribution in [0.15, 0.2) is 0 Å². The first kappa shape index (κ1) is 12.9. The Bertz CT molecular complexity index is 193. The summed E-state index contributed by atoms with van der Waals surface area (Å²) in [6, 6.07) is 0. The summed E-state index contributed by atoms with van der Waals surface area (Å²) in [6.07, 6.45) is 0.785. The van der Waals surface area contributed by atoms with Crippen LogP contribution in [0, 0.1) is 10.8 Å². The largest absolute Gasteiger partial charge is 0.351 e. The second-order valence-electron chi connectivity index (χ2n) is 5.20. The highest BCUT2D eigenvalue weighted by Gasteiger charge is 2.40. The van der Waals surface area contributed by atoms with Gasteiger partial charge in [-0.2, -0.15) is 0 Å². The molecule has 4 nitrogen and oxygen atoms in total. The lowest BCUT2D eigenvalue weighted by Gasteiger charge is -2.43. The lowest BCUT2D eigenvalue weighted by Crippen LogP contribution is -2.51. The van der Waals surface area contributed by atoms with Crippen molar-refractivity contribution in [2.75, 3.05) is 26.3 Å². The minimum atomic E-state index is -0.200. The van der Waals surface area contributed by atoms with Gasteiger partial charge in [0.05, 0.1) is 13.2 Å². The van der Waals surface area contributed by atoms with E-state index in [9.17, 15) is 0 Å². The molecule has 90 valence electrons. The van der Waals surface area contributed by atoms with Gasteiger partial charge in [0.15, 0.2) is 6.29 Å². The van der Waals surface area contributed by atoms with E-state index in [1.54, 1.807) is 0 Å². The number of rotatable bonds is 4. The topological polar surface area (TPSA) is 70.5 Å². The smallest absolute Gasteiger partial charge is 0.163 e. The van der Waals surface area contributed by atoms with Crippen LogP contribution in [-0.2, 0) is 9.47 Å². The van der Waals surface area contributed by atoms with Crippen molar-refractivity contribution in [1.29, 1.82) is 0 Å². The van der Waals surface area contributed by atoms with Gasteiger partial charge in [-0.1, -0.05) is 20.8 Å². The van der Waals surface area contributed by atoms with Gasteiger partial charge < -0.3 is 20.9 Å². The van der Waals surface area contributed by atoms with Gasteiger partial charge in [0, 0.05) is 23.9 Å². The summed E-state index contributed by atoms with van der Waals surface area (Å²) >= 11 is 0. The number of hydrogen-bond donors (Lipinski definition) is 2. The Labute approximate surface area is 92.3 Å². The molecule has 0 atom stereocenters. The molecule has 0 aromatic heterocycles. The maximum atomic E-state index is 5.75. The van der Waals surface area contributed by atoms with Crippen LogP contribution in [0.4, 0.5) is 0 Å². The van der Waals surface area contributed by atoms with Gasteiger partial charge in [0.1, 0.15) is 0 Å². The lowest BCUT2D eigenvalue weighted by atomic mass is 9.85. The number of hydrogen-bond acceptors (Lipinski definition) is 4. The van der Waals surface area contributed by atoms with E-state index in [-0.39, 0.29) is 17.1 Å². The number of nitrogens with two attached hydrogens (primary N) is 2. The normalized spacial score (nSPS) is 33.0. The van der Waals surface area contributed by atoms with E-state index in [1.165, 1.54) is 0 Å². The molecule has 1 heterocycles. The van der Waals surface area contributed by atoms with E-state index in [2.05, 4.69) is 20.8 Å². The average Bonchev–Trinajstić information content (AvgIpc) is 2.29. The Morgan fingerprint density at radius 1 is 1.27 bits per heavy atom. The first-order valence-electron chi connectivity index (χ1n) is 5.63. The van der Waals surface area contributed by atoms with E-state index in [0.29, 0.717) is 26.3 Å². The Morgan fingerprint density at radius 2 is 1.80 bits per heavy atom. The Hall–Kier alpha value is -0.160. The van der Waals surface area contributed by atoms with Crippen molar-refractivity contribution in [3.63, 3.8) is 0 Å². The highest BCUT2D eigenvalue weighted by molar-refractivity contribution is 4.85. The predicted molar refractivity (Wildman–Crippen MR) is 60.3 cm³/mol. The van der Waals surface area contributed by atoms with Gasteiger partial charge >= 0.3 is 0 Å². The summed E-state index contributed by atoms with van der Waals surface area (Å²) in [5, 5.41) is 0. The summed E-state index contributed by atoms with van der Waals surface area (Å²) in [6.45, 7) is 8.74. The molecule has 0 aromatic rings. The van der Waals surface area contributed by atoms with Gasteiger partial charge in [0.2, 0.25) is 0 Å². The minimum Gasteiger partial charge on any atom is -0.351 e. The van der Waals surface area contributed by atoms with Gasteiger partial charge in [0.25, 0.3) is 0 Å². The van der Waals surface area contributed by atoms with Crippen LogP contribution in [0.5, 0.6) is 0 Å². The van der Waals surface area contributed by atoms with Crippen molar-refractivity contribution < 1.29 is 9.47 Å². The van der Waals surface area contributed by atoms with Crippen molar-refractivity contribution in [3.8, 4) is 0 Å². The highest BCUT2D eigenvalue weighted by atomic mass is 16.7. The second kappa shape index (κ2) is 4.78. The number of ether oxygens (including phenoxy) is 2. The van der Waals surface area contributed by atoms with Gasteiger partial charge in [-0.15, -0.1) is 0 Å². The highest BCUT2D eigenvalue weighted by Crippen LogP contribution is 2.33. The van der Waals surface area contributed by atoms with Crippen molar-refractivity contribution in [1.82, 2.24) is 0 Å². The van der Waals surface area contributed by atoms with Gasteiger partial charge in [-0.3, -0.25) is 0 Å². The van der Waals surface area contributed by atoms with Gasteiger partial charge in [-0.05, 0) is 6.42 Å². The maximum Gasteiger partial charge on any atom is 0.163 e. The zero-order valence-corrected chi connectivity index (χ0v) is 10.1. The summed E-state index contributed by atoms with van der Waals surface area (Å²) in [4.78, 5) is 0. The molecule has 0 aliphatic carbocycles. The summed E-state index contributed by atoms with van der Waals surface area (Å²) < 4.78 is 11.5. The molecule has 0 radical (unpaired) electrons. The van der Waals surface area contributed by atoms with Crippen molar-refractivity contribution in [3.05, 3.63) is 0 Å². The molecule has 0 unspecified atom stereocenters. The fourth-order valence-corrected chi connectivity index (χ4v) is 1.61. The summed E-state index contributed by atoms with van der Waals surface area (Å²) in [5.74, 6) is 0. The first-order chi connectivity index (χ1) is 6.99. The molecule has 0 saturated carbocycles. The molecule has 1 aliphatic heterocycles. The quantitative estimate of drug-likeness (QED) is 0.725. The summed E-state index contributed by atoms with van der Waals surface area (Å²) in [7, 11) is 0. The van der Waals surface area contributed by atoms with Crippen LogP contribution >= 0.6 is 0 Å². The summed E-state index contributed by atoms with van der Waals surface area (Å²) in [5.41, 5.74) is 11.3. The molecule has 0 amide bonds. The van der Waals surface area contributed by atoms with E-state index in [1.807, 2.05) is 0 Å². The molecule has 0 aromatic carbocycles. The maximum absolute atomic E-state index is 5.75. The standard InChI is InChI=1S/C11H24N2O2/c1-4-11(6-13)7-14-9(15-8-11)10(2,3)5-12/h9H,4-8,12-13H2,1-3H3. The first-order valence-corrected chi connectivity index (χ1v) is 5.63. The molecule has 1 aliphatic rings. The monoisotopic (exact) mass is 216 g/mol. The van der Waals surface area contributed by atoms with E-state index in [4.69, 9.17) is 20.9 Å². The average molecular weight is 216 g/mol. The minimum absolute atomic E-state index is 0.00117. The fourth-order valence-electron chi connectivity index (χ4n) is 1.61. The van der Waals surface area contributed by atoms with Crippen molar-refractivity contribution in [2.24, 2.45) is 22.3 Å². The van der Waals surface area contributed by atoms with Crippen LogP contribution in [0.2, 0.25) is 0 Å². The van der Waals surface area contributed by atoms with E-state index >= 15 is 0 Å². The third kappa shape index (κ3) is 2.69. The lowest BCUT2D eigenvalue weighted by molar-refractivity contribution is -0.265. The van der Waals surface area contributed by atoms with Crippen LogP contribution < -0.4 is 11.5 Å². The van der Waals surface area contributed by atoms with E-state index < -0.39 is 0 Å². The molecule has 0 bridgehead atoms. The van der Waals surface area contributed by atoms with Gasteiger partial charge in [-0.25, -0.2) is 0 Å². The van der Waals surface area contributed by atoms with Crippen molar-refractivity contribution >= 4 is 0 Å². The Kier molecular flexibility index (Phi) is 4.12. The molecular formula is C11H24N2O2. The molecule has 0 spiro atoms. The van der Waals surface area contributed by atoms with Crippen LogP contribution in [0.3, 0.4) is 0 Å². The molecule has 1 rings (SSSR count). The molecular weight excluding hydrogens is 192 g/mol.